The van der Waals surface area contributed by atoms with Crippen molar-refractivity contribution in [1.82, 2.24) is 10.2 Å². The highest BCUT2D eigenvalue weighted by Gasteiger charge is 2.35. The molecule has 3 rings (SSSR count). The number of unbranched alkanes of at least 4 members (excludes halogenated alkanes) is 1. The van der Waals surface area contributed by atoms with Gasteiger partial charge in [-0.1, -0.05) is 50.1 Å². The highest BCUT2D eigenvalue weighted by Crippen LogP contribution is 2.36. The number of nitrogens with zero attached hydrogens (tertiary/aromatic N) is 2. The van der Waals surface area contributed by atoms with E-state index in [0.717, 1.165) is 28.3 Å². The largest absolute Gasteiger partial charge is 0.497 e. The summed E-state index contributed by atoms with van der Waals surface area (Å²) in [5.74, 6) is 0.416. The minimum Gasteiger partial charge on any atom is -0.497 e. The highest BCUT2D eigenvalue weighted by molar-refractivity contribution is 7.92. The highest BCUT2D eigenvalue weighted by atomic mass is 32.2. The van der Waals surface area contributed by atoms with E-state index in [1.165, 1.54) is 37.3 Å². The quantitative estimate of drug-likeness (QED) is 0.224. The van der Waals surface area contributed by atoms with Crippen LogP contribution in [0.25, 0.3) is 0 Å². The molecule has 1 N–H and O–H groups in total. The molecule has 0 aromatic heterocycles. The number of nitrogens with one attached hydrogen (secondary N) is 1. The third kappa shape index (κ3) is 8.43. The number of ether oxygens (including phenoxy) is 3. The Morgan fingerprint density at radius 1 is 0.864 bits per heavy atom. The smallest absolute Gasteiger partial charge is 0.264 e. The topological polar surface area (TPSA) is 114 Å². The molecule has 0 fully saturated rings. The number of amides is 2. The fourth-order valence-electron chi connectivity index (χ4n) is 4.70. The molecule has 10 nitrogen and oxygen atoms in total. The molecule has 3 aromatic rings. The third-order valence-electron chi connectivity index (χ3n) is 7.27. The predicted octanol–water partition coefficient (Wildman–Crippen LogP) is 4.94. The summed E-state index contributed by atoms with van der Waals surface area (Å²) in [6.45, 7) is 5.68. The predicted molar refractivity (Wildman–Crippen MR) is 171 cm³/mol. The van der Waals surface area contributed by atoms with Gasteiger partial charge in [0.25, 0.3) is 10.0 Å². The Hall–Kier alpha value is -4.25. The fraction of sp³-hybridized carbons (Fsp3) is 0.394. The second kappa shape index (κ2) is 16.0. The van der Waals surface area contributed by atoms with Gasteiger partial charge in [-0.25, -0.2) is 8.42 Å². The summed E-state index contributed by atoms with van der Waals surface area (Å²) < 4.78 is 45.6. The van der Waals surface area contributed by atoms with Crippen LogP contribution in [0.5, 0.6) is 17.2 Å². The van der Waals surface area contributed by atoms with E-state index in [0.29, 0.717) is 24.5 Å². The summed E-state index contributed by atoms with van der Waals surface area (Å²) in [6.07, 6.45) is 2.03. The average molecular weight is 626 g/mol. The van der Waals surface area contributed by atoms with Crippen molar-refractivity contribution in [3.05, 3.63) is 77.9 Å². The number of hydrogen-bond acceptors (Lipinski definition) is 7. The zero-order valence-corrected chi connectivity index (χ0v) is 27.1. The number of benzene rings is 3. The molecule has 11 heteroatoms. The van der Waals surface area contributed by atoms with Gasteiger partial charge in [0.1, 0.15) is 29.8 Å². The van der Waals surface area contributed by atoms with Gasteiger partial charge in [-0.3, -0.25) is 13.9 Å². The maximum atomic E-state index is 14.3. The van der Waals surface area contributed by atoms with Crippen LogP contribution >= 0.6 is 0 Å². The van der Waals surface area contributed by atoms with Crippen molar-refractivity contribution in [2.75, 3.05) is 38.7 Å². The first-order valence-corrected chi connectivity index (χ1v) is 16.0. The van der Waals surface area contributed by atoms with Crippen LogP contribution in [0.2, 0.25) is 0 Å². The van der Waals surface area contributed by atoms with E-state index in [1.54, 1.807) is 43.5 Å². The molecule has 0 radical (unpaired) electrons. The average Bonchev–Trinajstić information content (AvgIpc) is 3.03. The van der Waals surface area contributed by atoms with Crippen LogP contribution in [0.1, 0.15) is 44.2 Å². The molecule has 44 heavy (non-hydrogen) atoms. The Bertz CT molecular complexity index is 1490. The number of hydrogen-bond donors (Lipinski definition) is 1. The summed E-state index contributed by atoms with van der Waals surface area (Å²) in [5.41, 5.74) is 1.77. The molecule has 0 aliphatic carbocycles. The minimum absolute atomic E-state index is 0.00632. The van der Waals surface area contributed by atoms with E-state index in [2.05, 4.69) is 5.32 Å². The van der Waals surface area contributed by atoms with Crippen molar-refractivity contribution >= 4 is 27.5 Å². The van der Waals surface area contributed by atoms with E-state index in [1.807, 2.05) is 32.9 Å². The molecule has 3 aromatic carbocycles. The minimum atomic E-state index is -4.28. The lowest BCUT2D eigenvalue weighted by Gasteiger charge is -2.33. The van der Waals surface area contributed by atoms with Gasteiger partial charge in [-0.15, -0.1) is 0 Å². The lowest BCUT2D eigenvalue weighted by molar-refractivity contribution is -0.140. The number of methoxy groups -OCH3 is 3. The van der Waals surface area contributed by atoms with Crippen LogP contribution in [-0.4, -0.2) is 65.6 Å². The number of anilines is 1. The fourth-order valence-corrected chi connectivity index (χ4v) is 6.11. The van der Waals surface area contributed by atoms with E-state index in [4.69, 9.17) is 14.2 Å². The summed E-state index contributed by atoms with van der Waals surface area (Å²) in [5, 5.41) is 2.93. The molecule has 0 saturated carbocycles. The molecule has 0 saturated heterocycles. The van der Waals surface area contributed by atoms with Gasteiger partial charge < -0.3 is 24.4 Å². The summed E-state index contributed by atoms with van der Waals surface area (Å²) >= 11 is 0. The molecule has 1 atom stereocenters. The zero-order chi connectivity index (χ0) is 32.3. The van der Waals surface area contributed by atoms with Crippen molar-refractivity contribution in [2.45, 2.75) is 57.5 Å². The molecule has 238 valence electrons. The number of carbonyl (C=O) groups excluding carboxylic acids is 2. The first kappa shape index (κ1) is 34.2. The molecule has 0 unspecified atom stereocenters. The van der Waals surface area contributed by atoms with Crippen LogP contribution in [0.15, 0.2) is 71.6 Å². The SMILES string of the molecule is CCCCNC(=O)[C@@H](CC)N(Cc1ccc(OC)cc1)C(=O)CN(c1cc(OC)ccc1OC)S(=O)(=O)c1ccc(C)cc1. The van der Waals surface area contributed by atoms with Crippen molar-refractivity contribution in [3.63, 3.8) is 0 Å². The lowest BCUT2D eigenvalue weighted by atomic mass is 10.1. The van der Waals surface area contributed by atoms with Crippen LogP contribution in [0.4, 0.5) is 5.69 Å². The molecule has 0 spiro atoms. The van der Waals surface area contributed by atoms with E-state index in [9.17, 15) is 18.0 Å². The van der Waals surface area contributed by atoms with Gasteiger partial charge in [0.05, 0.1) is 31.9 Å². The number of sulfonamides is 1. The number of rotatable bonds is 16. The summed E-state index contributed by atoms with van der Waals surface area (Å²) in [6, 6.07) is 17.5. The molecule has 0 bridgehead atoms. The Labute approximate surface area is 261 Å². The van der Waals surface area contributed by atoms with Gasteiger partial charge in [-0.05, 0) is 61.7 Å². The van der Waals surface area contributed by atoms with Crippen LogP contribution in [-0.2, 0) is 26.2 Å². The van der Waals surface area contributed by atoms with Crippen molar-refractivity contribution < 1.29 is 32.2 Å². The Morgan fingerprint density at radius 2 is 1.50 bits per heavy atom. The monoisotopic (exact) mass is 625 g/mol. The second-order valence-electron chi connectivity index (χ2n) is 10.3. The maximum Gasteiger partial charge on any atom is 0.264 e. The molecule has 0 heterocycles. The van der Waals surface area contributed by atoms with Crippen molar-refractivity contribution in [2.24, 2.45) is 0 Å². The van der Waals surface area contributed by atoms with Gasteiger partial charge >= 0.3 is 0 Å². The Morgan fingerprint density at radius 3 is 2.07 bits per heavy atom. The standard InChI is InChI=1S/C33H43N3O7S/c1-7-9-20-34-33(38)29(8-2)35(22-25-12-14-26(41-4)15-13-25)32(37)23-36(30-21-27(42-5)16-19-31(30)43-6)44(39,40)28-17-10-24(3)11-18-28/h10-19,21,29H,7-9,20,22-23H2,1-6H3,(H,34,38)/t29-/m1/s1. The zero-order valence-electron chi connectivity index (χ0n) is 26.3. The summed E-state index contributed by atoms with van der Waals surface area (Å²) in [7, 11) is 0.180. The van der Waals surface area contributed by atoms with E-state index in [-0.39, 0.29) is 28.8 Å². The first-order valence-electron chi connectivity index (χ1n) is 14.6. The second-order valence-corrected chi connectivity index (χ2v) is 12.2. The van der Waals surface area contributed by atoms with Crippen LogP contribution in [0.3, 0.4) is 0 Å². The van der Waals surface area contributed by atoms with Crippen molar-refractivity contribution in [3.8, 4) is 17.2 Å². The molecular weight excluding hydrogens is 582 g/mol. The Balaban J connectivity index is 2.12. The third-order valence-corrected chi connectivity index (χ3v) is 9.04. The van der Waals surface area contributed by atoms with Crippen molar-refractivity contribution in [1.29, 1.82) is 0 Å². The normalized spacial score (nSPS) is 11.8. The van der Waals surface area contributed by atoms with Gasteiger partial charge in [0.15, 0.2) is 0 Å². The molecular formula is C33H43N3O7S. The number of aryl methyl sites for hydroxylation is 1. The lowest BCUT2D eigenvalue weighted by Crippen LogP contribution is -2.52. The Kier molecular flexibility index (Phi) is 12.5. The van der Waals surface area contributed by atoms with Gasteiger partial charge in [-0.2, -0.15) is 0 Å². The van der Waals surface area contributed by atoms with E-state index >= 15 is 0 Å². The van der Waals surface area contributed by atoms with Gasteiger partial charge in [0.2, 0.25) is 11.8 Å². The number of carbonyl (C=O) groups is 2. The molecule has 0 aliphatic rings. The van der Waals surface area contributed by atoms with E-state index < -0.39 is 28.5 Å². The summed E-state index contributed by atoms with van der Waals surface area (Å²) in [4.78, 5) is 29.1. The van der Waals surface area contributed by atoms with Gasteiger partial charge in [0, 0.05) is 19.2 Å². The van der Waals surface area contributed by atoms with Crippen LogP contribution < -0.4 is 23.8 Å². The molecule has 2 amide bonds. The first-order chi connectivity index (χ1) is 21.1. The van der Waals surface area contributed by atoms with Crippen LogP contribution in [0, 0.1) is 6.92 Å². The maximum absolute atomic E-state index is 14.3. The molecule has 0 aliphatic heterocycles.